The van der Waals surface area contributed by atoms with Crippen LogP contribution in [0.5, 0.6) is 0 Å². The molecule has 1 N–H and O–H groups in total. The highest BCUT2D eigenvalue weighted by atomic mass is 19.4. The molecule has 0 aliphatic carbocycles. The van der Waals surface area contributed by atoms with Crippen molar-refractivity contribution in [1.82, 2.24) is 4.98 Å². The van der Waals surface area contributed by atoms with Gasteiger partial charge in [-0.3, -0.25) is 9.59 Å². The number of nitriles is 1. The molecule has 3 aliphatic rings. The van der Waals surface area contributed by atoms with Crippen LogP contribution >= 0.6 is 0 Å². The molecule has 142 valence electrons. The van der Waals surface area contributed by atoms with Gasteiger partial charge in [-0.2, -0.15) is 18.4 Å². The largest absolute Gasteiger partial charge is 0.419 e. The van der Waals surface area contributed by atoms with Crippen LogP contribution < -0.4 is 4.90 Å². The number of amides is 2. The number of pyridine rings is 1. The van der Waals surface area contributed by atoms with Crippen molar-refractivity contribution >= 4 is 17.5 Å². The number of imide groups is 1. The van der Waals surface area contributed by atoms with E-state index in [1.165, 1.54) is 13.0 Å². The van der Waals surface area contributed by atoms with E-state index in [0.29, 0.717) is 11.0 Å². The molecule has 2 bridgehead atoms. The summed E-state index contributed by atoms with van der Waals surface area (Å²) in [5.41, 5.74) is -4.88. The highest BCUT2D eigenvalue weighted by Gasteiger charge is 2.75. The molecule has 4 heterocycles. The molecule has 10 heteroatoms. The lowest BCUT2D eigenvalue weighted by atomic mass is 9.67. The van der Waals surface area contributed by atoms with Gasteiger partial charge in [0, 0.05) is 6.42 Å². The third kappa shape index (κ3) is 2.12. The van der Waals surface area contributed by atoms with Crippen molar-refractivity contribution in [1.29, 1.82) is 5.26 Å². The summed E-state index contributed by atoms with van der Waals surface area (Å²) >= 11 is 0. The second kappa shape index (κ2) is 5.05. The van der Waals surface area contributed by atoms with E-state index >= 15 is 0 Å². The number of fused-ring (bicyclic) bond motifs is 5. The molecule has 1 aromatic heterocycles. The van der Waals surface area contributed by atoms with Crippen LogP contribution in [-0.2, 0) is 20.5 Å². The number of aromatic nitrogens is 1. The van der Waals surface area contributed by atoms with E-state index in [4.69, 9.17) is 10.00 Å². The maximum absolute atomic E-state index is 13.2. The number of halogens is 3. The quantitative estimate of drug-likeness (QED) is 0.738. The van der Waals surface area contributed by atoms with Crippen LogP contribution in [0.3, 0.4) is 0 Å². The van der Waals surface area contributed by atoms with E-state index in [0.717, 1.165) is 6.20 Å². The fourth-order valence-corrected chi connectivity index (χ4v) is 4.66. The average molecular weight is 381 g/mol. The number of hydrogen-bond acceptors (Lipinski definition) is 6. The molecule has 0 aromatic carbocycles. The van der Waals surface area contributed by atoms with Crippen molar-refractivity contribution in [3.63, 3.8) is 0 Å². The van der Waals surface area contributed by atoms with Gasteiger partial charge < -0.3 is 9.84 Å². The SMILES string of the molecule is CC12C[C@H](O)C(C)(O1)[C@@H]1C(=O)N(c3cnc(C#N)c(C(F)(F)F)c3)C(=O)[C@@H]12. The molecule has 7 nitrogen and oxygen atoms in total. The monoisotopic (exact) mass is 381 g/mol. The van der Waals surface area contributed by atoms with Gasteiger partial charge in [0.05, 0.1) is 41.0 Å². The molecule has 0 spiro atoms. The zero-order valence-electron chi connectivity index (χ0n) is 14.2. The molecule has 4 rings (SSSR count). The Bertz CT molecular complexity index is 927. The van der Waals surface area contributed by atoms with Crippen LogP contribution in [0.1, 0.15) is 31.5 Å². The highest BCUT2D eigenvalue weighted by molar-refractivity contribution is 6.23. The molecule has 27 heavy (non-hydrogen) atoms. The Labute approximate surface area is 151 Å². The average Bonchev–Trinajstić information content (AvgIpc) is 3.07. The number of carbonyl (C=O) groups is 2. The maximum atomic E-state index is 13.2. The van der Waals surface area contributed by atoms with Crippen molar-refractivity contribution in [2.24, 2.45) is 11.8 Å². The van der Waals surface area contributed by atoms with Crippen LogP contribution in [0, 0.1) is 23.2 Å². The van der Waals surface area contributed by atoms with Gasteiger partial charge in [-0.15, -0.1) is 0 Å². The molecule has 1 aromatic rings. The lowest BCUT2D eigenvalue weighted by Crippen LogP contribution is -2.49. The number of nitrogens with zero attached hydrogens (tertiary/aromatic N) is 3. The lowest BCUT2D eigenvalue weighted by molar-refractivity contribution is -0.138. The van der Waals surface area contributed by atoms with Crippen molar-refractivity contribution in [2.45, 2.75) is 43.8 Å². The molecule has 3 fully saturated rings. The summed E-state index contributed by atoms with van der Waals surface area (Å²) in [6, 6.07) is 1.93. The summed E-state index contributed by atoms with van der Waals surface area (Å²) in [6.45, 7) is 3.14. The number of aliphatic hydroxyl groups excluding tert-OH is 1. The van der Waals surface area contributed by atoms with E-state index < -0.39 is 58.4 Å². The Morgan fingerprint density at radius 3 is 2.56 bits per heavy atom. The molecule has 3 saturated heterocycles. The topological polar surface area (TPSA) is 104 Å². The van der Waals surface area contributed by atoms with Gasteiger partial charge in [0.15, 0.2) is 5.69 Å². The van der Waals surface area contributed by atoms with Crippen LogP contribution in [-0.4, -0.2) is 39.2 Å². The molecule has 2 unspecified atom stereocenters. The molecular weight excluding hydrogens is 367 g/mol. The van der Waals surface area contributed by atoms with E-state index in [1.54, 1.807) is 6.92 Å². The minimum atomic E-state index is -4.87. The minimum absolute atomic E-state index is 0.150. The molecule has 5 atom stereocenters. The number of carbonyl (C=O) groups excluding carboxylic acids is 2. The van der Waals surface area contributed by atoms with E-state index in [2.05, 4.69) is 4.98 Å². The van der Waals surface area contributed by atoms with E-state index in [-0.39, 0.29) is 12.1 Å². The summed E-state index contributed by atoms with van der Waals surface area (Å²) in [5.74, 6) is -3.33. The Balaban J connectivity index is 1.81. The molecule has 0 saturated carbocycles. The number of ether oxygens (including phenoxy) is 1. The molecule has 2 amide bonds. The van der Waals surface area contributed by atoms with E-state index in [1.807, 2.05) is 0 Å². The minimum Gasteiger partial charge on any atom is -0.390 e. The third-order valence-electron chi connectivity index (χ3n) is 5.84. The van der Waals surface area contributed by atoms with Gasteiger partial charge in [-0.05, 0) is 19.9 Å². The van der Waals surface area contributed by atoms with Crippen LogP contribution in [0.4, 0.5) is 18.9 Å². The van der Waals surface area contributed by atoms with Crippen molar-refractivity contribution in [3.05, 3.63) is 23.5 Å². The zero-order valence-corrected chi connectivity index (χ0v) is 14.2. The van der Waals surface area contributed by atoms with Gasteiger partial charge >= 0.3 is 6.18 Å². The standard InChI is InChI=1S/C17H14F3N3O4/c1-15-4-10(24)16(2,27-15)12-11(15)13(25)23(14(12)26)7-3-8(17(18,19)20)9(5-21)22-6-7/h3,6,10-12,24H,4H2,1-2H3/t10-,11+,12-,15?,16?/m0/s1. The van der Waals surface area contributed by atoms with Crippen LogP contribution in [0.15, 0.2) is 12.3 Å². The summed E-state index contributed by atoms with van der Waals surface area (Å²) in [4.78, 5) is 30.0. The van der Waals surface area contributed by atoms with Gasteiger partial charge in [0.1, 0.15) is 11.7 Å². The van der Waals surface area contributed by atoms with Crippen molar-refractivity contribution in [3.8, 4) is 6.07 Å². The molecule has 0 radical (unpaired) electrons. The van der Waals surface area contributed by atoms with Gasteiger partial charge in [0.25, 0.3) is 0 Å². The normalized spacial score (nSPS) is 37.7. The third-order valence-corrected chi connectivity index (χ3v) is 5.84. The highest BCUT2D eigenvalue weighted by Crippen LogP contribution is 2.61. The summed E-state index contributed by atoms with van der Waals surface area (Å²) in [6.07, 6.45) is -4.79. The van der Waals surface area contributed by atoms with Crippen molar-refractivity contribution < 1.29 is 32.6 Å². The predicted octanol–water partition coefficient (Wildman–Crippen LogP) is 1.39. The summed E-state index contributed by atoms with van der Waals surface area (Å²) in [5, 5.41) is 19.1. The Hall–Kier alpha value is -2.51. The zero-order chi connectivity index (χ0) is 19.9. The predicted molar refractivity (Wildman–Crippen MR) is 81.9 cm³/mol. The first kappa shape index (κ1) is 17.9. The molecular formula is C17H14F3N3O4. The van der Waals surface area contributed by atoms with Gasteiger partial charge in [-0.1, -0.05) is 0 Å². The Kier molecular flexibility index (Phi) is 3.35. The summed E-state index contributed by atoms with van der Waals surface area (Å²) < 4.78 is 45.4. The summed E-state index contributed by atoms with van der Waals surface area (Å²) in [7, 11) is 0. The smallest absolute Gasteiger partial charge is 0.390 e. The number of aliphatic hydroxyl groups is 1. The maximum Gasteiger partial charge on any atom is 0.419 e. The Morgan fingerprint density at radius 1 is 1.33 bits per heavy atom. The fraction of sp³-hybridized carbons (Fsp3) is 0.529. The second-order valence-corrected chi connectivity index (χ2v) is 7.48. The molecule has 3 aliphatic heterocycles. The first-order valence-electron chi connectivity index (χ1n) is 8.17. The van der Waals surface area contributed by atoms with Crippen LogP contribution in [0.25, 0.3) is 0 Å². The van der Waals surface area contributed by atoms with Crippen LogP contribution in [0.2, 0.25) is 0 Å². The van der Waals surface area contributed by atoms with Crippen molar-refractivity contribution in [2.75, 3.05) is 4.90 Å². The Morgan fingerprint density at radius 2 is 1.96 bits per heavy atom. The number of alkyl halides is 3. The second-order valence-electron chi connectivity index (χ2n) is 7.48. The first-order chi connectivity index (χ1) is 12.4. The fourth-order valence-electron chi connectivity index (χ4n) is 4.66. The lowest BCUT2D eigenvalue weighted by Gasteiger charge is -2.31. The van der Waals surface area contributed by atoms with Gasteiger partial charge in [0.2, 0.25) is 11.8 Å². The van der Waals surface area contributed by atoms with E-state index in [9.17, 15) is 27.9 Å². The number of rotatable bonds is 1. The van der Waals surface area contributed by atoms with Gasteiger partial charge in [-0.25, -0.2) is 9.88 Å². The number of anilines is 1. The number of hydrogen-bond donors (Lipinski definition) is 1. The first-order valence-corrected chi connectivity index (χ1v) is 8.17.